The number of rotatable bonds is 4. The fraction of sp³-hybridized carbons (Fsp3) is 0.167. The number of carbonyl (C=O) groups is 2. The Hall–Kier alpha value is -3.26. The molecule has 1 heterocycles. The number of carbonyl (C=O) groups excluding carboxylic acids is 2. The molecule has 0 aromatic heterocycles. The zero-order valence-electron chi connectivity index (χ0n) is 17.2. The van der Waals surface area contributed by atoms with Crippen LogP contribution >= 0.6 is 15.9 Å². The lowest BCUT2D eigenvalue weighted by molar-refractivity contribution is -0.119. The molecular weight excluding hydrogens is 482 g/mol. The number of fused-ring (bicyclic) bond motifs is 1. The van der Waals surface area contributed by atoms with Gasteiger partial charge in [-0.15, -0.1) is 0 Å². The number of anilines is 1. The van der Waals surface area contributed by atoms with Crippen molar-refractivity contribution in [1.82, 2.24) is 4.90 Å². The van der Waals surface area contributed by atoms with Gasteiger partial charge in [0.05, 0.1) is 24.8 Å². The summed E-state index contributed by atoms with van der Waals surface area (Å²) in [4.78, 5) is 28.1. The first-order chi connectivity index (χ1) is 15.3. The van der Waals surface area contributed by atoms with Crippen LogP contribution in [-0.2, 0) is 4.79 Å². The number of halogens is 3. The predicted octanol–water partition coefficient (Wildman–Crippen LogP) is 5.29. The van der Waals surface area contributed by atoms with Crippen LogP contribution in [0, 0.1) is 11.6 Å². The Balaban J connectivity index is 1.81. The van der Waals surface area contributed by atoms with Gasteiger partial charge < -0.3 is 15.0 Å². The quantitative estimate of drug-likeness (QED) is 0.529. The molecule has 0 bridgehead atoms. The number of nitrogens with zero attached hydrogens (tertiary/aromatic N) is 1. The second-order valence-corrected chi connectivity index (χ2v) is 8.29. The number of methoxy groups -OCH3 is 1. The van der Waals surface area contributed by atoms with Gasteiger partial charge in [-0.25, -0.2) is 8.78 Å². The molecular formula is C24H19BrF2N2O3. The van der Waals surface area contributed by atoms with Crippen molar-refractivity contribution in [2.45, 2.75) is 12.0 Å². The average molecular weight is 501 g/mol. The van der Waals surface area contributed by atoms with Gasteiger partial charge in [-0.3, -0.25) is 9.59 Å². The summed E-state index contributed by atoms with van der Waals surface area (Å²) in [6, 6.07) is 15.1. The molecule has 0 radical (unpaired) electrons. The molecule has 0 spiro atoms. The molecule has 1 aliphatic rings. The van der Waals surface area contributed by atoms with Crippen molar-refractivity contribution in [2.24, 2.45) is 0 Å². The Bertz CT molecular complexity index is 1180. The average Bonchev–Trinajstić information content (AvgIpc) is 2.78. The smallest absolute Gasteiger partial charge is 0.254 e. The second-order valence-electron chi connectivity index (χ2n) is 7.43. The Kier molecular flexibility index (Phi) is 5.97. The molecule has 4 rings (SSSR count). The van der Waals surface area contributed by atoms with Crippen molar-refractivity contribution in [3.05, 3.63) is 93.5 Å². The number of hydrogen-bond acceptors (Lipinski definition) is 3. The number of ether oxygens (including phenoxy) is 1. The summed E-state index contributed by atoms with van der Waals surface area (Å²) in [5, 5.41) is 2.58. The van der Waals surface area contributed by atoms with Gasteiger partial charge in [0.25, 0.3) is 5.91 Å². The van der Waals surface area contributed by atoms with E-state index >= 15 is 0 Å². The number of benzene rings is 3. The maximum Gasteiger partial charge on any atom is 0.254 e. The van der Waals surface area contributed by atoms with Crippen molar-refractivity contribution in [3.63, 3.8) is 0 Å². The minimum Gasteiger partial charge on any atom is -0.497 e. The molecule has 1 N–H and O–H groups in total. The van der Waals surface area contributed by atoms with Gasteiger partial charge in [0.1, 0.15) is 11.6 Å². The van der Waals surface area contributed by atoms with Gasteiger partial charge in [-0.1, -0.05) is 30.3 Å². The Morgan fingerprint density at radius 1 is 1.09 bits per heavy atom. The van der Waals surface area contributed by atoms with E-state index in [1.807, 2.05) is 0 Å². The molecule has 5 nitrogen and oxygen atoms in total. The SMILES string of the molecule is COc1ccc(C2C(C(=O)Nc3c(F)cc(F)cc3Br)c3ccccc3C(=O)N2C)cc1. The molecule has 0 saturated carbocycles. The summed E-state index contributed by atoms with van der Waals surface area (Å²) in [5.74, 6) is -2.61. The van der Waals surface area contributed by atoms with Crippen molar-refractivity contribution >= 4 is 33.4 Å². The Morgan fingerprint density at radius 2 is 1.78 bits per heavy atom. The van der Waals surface area contributed by atoms with E-state index in [1.54, 1.807) is 62.7 Å². The van der Waals surface area contributed by atoms with Crippen molar-refractivity contribution < 1.29 is 23.1 Å². The van der Waals surface area contributed by atoms with E-state index in [2.05, 4.69) is 21.2 Å². The zero-order valence-corrected chi connectivity index (χ0v) is 18.8. The molecule has 2 unspecified atom stereocenters. The summed E-state index contributed by atoms with van der Waals surface area (Å²) >= 11 is 3.11. The molecule has 2 amide bonds. The zero-order chi connectivity index (χ0) is 23.0. The maximum atomic E-state index is 14.4. The molecule has 2 atom stereocenters. The summed E-state index contributed by atoms with van der Waals surface area (Å²) in [6.45, 7) is 0. The van der Waals surface area contributed by atoms with E-state index in [9.17, 15) is 18.4 Å². The van der Waals surface area contributed by atoms with E-state index in [4.69, 9.17) is 4.74 Å². The third kappa shape index (κ3) is 3.86. The first-order valence-corrected chi connectivity index (χ1v) is 10.6. The lowest BCUT2D eigenvalue weighted by Gasteiger charge is -2.39. The highest BCUT2D eigenvalue weighted by molar-refractivity contribution is 9.10. The van der Waals surface area contributed by atoms with Crippen molar-refractivity contribution in [2.75, 3.05) is 19.5 Å². The second kappa shape index (κ2) is 8.70. The van der Waals surface area contributed by atoms with E-state index in [0.717, 1.165) is 11.6 Å². The standard InChI is InChI=1S/C24H19BrF2N2O3/c1-29-22(13-7-9-15(32-2)10-8-13)20(16-5-3-4-6-17(16)24(29)31)23(30)28-21-18(25)11-14(26)12-19(21)27/h3-12,20,22H,1-2H3,(H,28,30). The highest BCUT2D eigenvalue weighted by Gasteiger charge is 2.42. The van der Waals surface area contributed by atoms with Crippen LogP contribution in [0.3, 0.4) is 0 Å². The van der Waals surface area contributed by atoms with Gasteiger partial charge in [0.2, 0.25) is 5.91 Å². The van der Waals surface area contributed by atoms with Crippen LogP contribution < -0.4 is 10.1 Å². The van der Waals surface area contributed by atoms with Crippen molar-refractivity contribution in [3.8, 4) is 5.75 Å². The fourth-order valence-electron chi connectivity index (χ4n) is 4.04. The first-order valence-electron chi connectivity index (χ1n) is 9.77. The molecule has 1 aliphatic heterocycles. The minimum absolute atomic E-state index is 0.0814. The van der Waals surface area contributed by atoms with Crippen molar-refractivity contribution in [1.29, 1.82) is 0 Å². The molecule has 8 heteroatoms. The fourth-order valence-corrected chi connectivity index (χ4v) is 4.54. The van der Waals surface area contributed by atoms with Crippen LogP contribution in [0.25, 0.3) is 0 Å². The van der Waals surface area contributed by atoms with Gasteiger partial charge in [-0.2, -0.15) is 0 Å². The molecule has 0 saturated heterocycles. The Morgan fingerprint density at radius 3 is 2.44 bits per heavy atom. The highest BCUT2D eigenvalue weighted by atomic mass is 79.9. The number of likely N-dealkylation sites (N-methyl/N-ethyl adjacent to an activating group) is 1. The largest absolute Gasteiger partial charge is 0.497 e. The number of amides is 2. The van der Waals surface area contributed by atoms with Gasteiger partial charge >= 0.3 is 0 Å². The van der Waals surface area contributed by atoms with Crippen LogP contribution in [0.2, 0.25) is 0 Å². The van der Waals surface area contributed by atoms with Crippen LogP contribution in [0.1, 0.15) is 33.4 Å². The molecule has 32 heavy (non-hydrogen) atoms. The van der Waals surface area contributed by atoms with Crippen LogP contribution in [0.5, 0.6) is 5.75 Å². The summed E-state index contributed by atoms with van der Waals surface area (Å²) in [6.07, 6.45) is 0. The summed E-state index contributed by atoms with van der Waals surface area (Å²) in [5.41, 5.74) is 1.49. The van der Waals surface area contributed by atoms with Gasteiger partial charge in [0.15, 0.2) is 5.82 Å². The number of hydrogen-bond donors (Lipinski definition) is 1. The molecule has 3 aromatic rings. The van der Waals surface area contributed by atoms with Crippen LogP contribution in [-0.4, -0.2) is 30.9 Å². The van der Waals surface area contributed by atoms with Crippen LogP contribution in [0.4, 0.5) is 14.5 Å². The maximum absolute atomic E-state index is 14.4. The van der Waals surface area contributed by atoms with E-state index in [1.165, 1.54) is 4.90 Å². The molecule has 3 aromatic carbocycles. The van der Waals surface area contributed by atoms with E-state index < -0.39 is 29.5 Å². The topological polar surface area (TPSA) is 58.6 Å². The lowest BCUT2D eigenvalue weighted by atomic mass is 9.79. The summed E-state index contributed by atoms with van der Waals surface area (Å²) < 4.78 is 33.2. The molecule has 0 aliphatic carbocycles. The van der Waals surface area contributed by atoms with E-state index in [0.29, 0.717) is 22.9 Å². The third-order valence-corrected chi connectivity index (χ3v) is 6.20. The lowest BCUT2D eigenvalue weighted by Crippen LogP contribution is -2.44. The first kappa shape index (κ1) is 22.0. The minimum atomic E-state index is -0.903. The number of nitrogens with one attached hydrogen (secondary N) is 1. The monoisotopic (exact) mass is 500 g/mol. The normalized spacial score (nSPS) is 17.7. The predicted molar refractivity (Wildman–Crippen MR) is 120 cm³/mol. The Labute approximate surface area is 192 Å². The summed E-state index contributed by atoms with van der Waals surface area (Å²) in [7, 11) is 3.18. The molecule has 164 valence electrons. The van der Waals surface area contributed by atoms with Crippen LogP contribution in [0.15, 0.2) is 65.1 Å². The molecule has 0 fully saturated rings. The van der Waals surface area contributed by atoms with Gasteiger partial charge in [0, 0.05) is 23.2 Å². The third-order valence-electron chi connectivity index (χ3n) is 5.57. The van der Waals surface area contributed by atoms with E-state index in [-0.39, 0.29) is 16.1 Å². The van der Waals surface area contributed by atoms with Gasteiger partial charge in [-0.05, 0) is 51.3 Å². The highest BCUT2D eigenvalue weighted by Crippen LogP contribution is 2.43.